The van der Waals surface area contributed by atoms with Gasteiger partial charge in [0.15, 0.2) is 0 Å². The summed E-state index contributed by atoms with van der Waals surface area (Å²) >= 11 is 3.29. The molecule has 0 radical (unpaired) electrons. The Morgan fingerprint density at radius 2 is 1.87 bits per heavy atom. The van der Waals surface area contributed by atoms with E-state index in [2.05, 4.69) is 26.6 Å². The second kappa shape index (κ2) is 8.10. The first kappa shape index (κ1) is 19.2. The second-order valence-electron chi connectivity index (χ2n) is 6.24. The number of likely N-dealkylation sites (N-methyl/N-ethyl adjacent to an activating group) is 1. The van der Waals surface area contributed by atoms with Crippen molar-refractivity contribution >= 4 is 33.7 Å². The molecule has 7 heteroatoms. The van der Waals surface area contributed by atoms with Gasteiger partial charge in [0.05, 0.1) is 13.1 Å². The number of carbonyl (C=O) groups excluding carboxylic acids is 3. The van der Waals surface area contributed by atoms with E-state index in [1.54, 1.807) is 18.2 Å². The normalized spacial score (nSPS) is 10.8. The fourth-order valence-corrected chi connectivity index (χ4v) is 2.18. The van der Waals surface area contributed by atoms with Crippen LogP contribution in [0.2, 0.25) is 0 Å². The van der Waals surface area contributed by atoms with Crippen LogP contribution >= 0.6 is 15.9 Å². The summed E-state index contributed by atoms with van der Waals surface area (Å²) < 4.78 is 0.785. The largest absolute Gasteiger partial charge is 0.350 e. The second-order valence-corrected chi connectivity index (χ2v) is 7.16. The van der Waals surface area contributed by atoms with Gasteiger partial charge in [-0.25, -0.2) is 0 Å². The van der Waals surface area contributed by atoms with Gasteiger partial charge in [0.2, 0.25) is 11.8 Å². The number of rotatable bonds is 5. The van der Waals surface area contributed by atoms with Gasteiger partial charge in [0.1, 0.15) is 0 Å². The van der Waals surface area contributed by atoms with Crippen LogP contribution in [0.4, 0.5) is 0 Å². The number of amides is 3. The molecule has 23 heavy (non-hydrogen) atoms. The van der Waals surface area contributed by atoms with Gasteiger partial charge in [-0.05, 0) is 39.0 Å². The standard InChI is InChI=1S/C16H22BrN3O3/c1-16(2,3)19-13(21)10-20(4)14(22)9-18-15(23)11-6-5-7-12(17)8-11/h5-8H,9-10H2,1-4H3,(H,18,23)(H,19,21). The van der Waals surface area contributed by atoms with E-state index in [9.17, 15) is 14.4 Å². The lowest BCUT2D eigenvalue weighted by atomic mass is 10.1. The van der Waals surface area contributed by atoms with E-state index in [-0.39, 0.29) is 36.3 Å². The number of hydrogen-bond acceptors (Lipinski definition) is 3. The van der Waals surface area contributed by atoms with Crippen LogP contribution in [0.5, 0.6) is 0 Å². The summed E-state index contributed by atoms with van der Waals surface area (Å²) in [6, 6.07) is 6.87. The number of hydrogen-bond donors (Lipinski definition) is 2. The zero-order chi connectivity index (χ0) is 17.6. The van der Waals surface area contributed by atoms with Crippen LogP contribution in [0.3, 0.4) is 0 Å². The van der Waals surface area contributed by atoms with Crippen molar-refractivity contribution in [1.29, 1.82) is 0 Å². The van der Waals surface area contributed by atoms with Crippen molar-refractivity contribution in [3.8, 4) is 0 Å². The van der Waals surface area contributed by atoms with Crippen LogP contribution in [0.1, 0.15) is 31.1 Å². The summed E-state index contributed by atoms with van der Waals surface area (Å²) in [5, 5.41) is 5.32. The highest BCUT2D eigenvalue weighted by Crippen LogP contribution is 2.11. The van der Waals surface area contributed by atoms with Crippen molar-refractivity contribution in [2.24, 2.45) is 0 Å². The van der Waals surface area contributed by atoms with Crippen LogP contribution in [0.25, 0.3) is 0 Å². The van der Waals surface area contributed by atoms with Gasteiger partial charge in [0, 0.05) is 22.6 Å². The Bertz CT molecular complexity index is 596. The molecule has 0 fully saturated rings. The van der Waals surface area contributed by atoms with Crippen LogP contribution in [-0.4, -0.2) is 48.3 Å². The molecule has 126 valence electrons. The Hall–Kier alpha value is -1.89. The molecule has 1 rings (SSSR count). The van der Waals surface area contributed by atoms with Crippen molar-refractivity contribution in [2.45, 2.75) is 26.3 Å². The molecule has 0 aliphatic carbocycles. The van der Waals surface area contributed by atoms with Crippen LogP contribution in [0, 0.1) is 0 Å². The summed E-state index contributed by atoms with van der Waals surface area (Å²) in [4.78, 5) is 37.0. The van der Waals surface area contributed by atoms with E-state index < -0.39 is 0 Å². The zero-order valence-electron chi connectivity index (χ0n) is 13.8. The van der Waals surface area contributed by atoms with E-state index in [1.165, 1.54) is 11.9 Å². The van der Waals surface area contributed by atoms with Crippen LogP contribution < -0.4 is 10.6 Å². The third kappa shape index (κ3) is 7.27. The third-order valence-corrected chi connectivity index (χ3v) is 3.30. The van der Waals surface area contributed by atoms with Crippen LogP contribution in [-0.2, 0) is 9.59 Å². The Labute approximate surface area is 144 Å². The van der Waals surface area contributed by atoms with Gasteiger partial charge in [-0.2, -0.15) is 0 Å². The van der Waals surface area contributed by atoms with Gasteiger partial charge in [-0.3, -0.25) is 14.4 Å². The summed E-state index contributed by atoms with van der Waals surface area (Å²) in [5.41, 5.74) is 0.107. The molecule has 2 N–H and O–H groups in total. The summed E-state index contributed by atoms with van der Waals surface area (Å²) in [5.74, 6) is -0.920. The fourth-order valence-electron chi connectivity index (χ4n) is 1.78. The van der Waals surface area contributed by atoms with E-state index in [0.717, 1.165) is 4.47 Å². The maximum absolute atomic E-state index is 12.0. The molecule has 1 aromatic carbocycles. The number of benzene rings is 1. The average molecular weight is 384 g/mol. The van der Waals surface area contributed by atoms with Gasteiger partial charge >= 0.3 is 0 Å². The molecule has 0 bridgehead atoms. The van der Waals surface area contributed by atoms with Gasteiger partial charge in [0.25, 0.3) is 5.91 Å². The fraction of sp³-hybridized carbons (Fsp3) is 0.438. The molecule has 0 aromatic heterocycles. The lowest BCUT2D eigenvalue weighted by Crippen LogP contribution is -2.47. The number of halogens is 1. The monoisotopic (exact) mass is 383 g/mol. The van der Waals surface area contributed by atoms with Crippen LogP contribution in [0.15, 0.2) is 28.7 Å². The van der Waals surface area contributed by atoms with Crippen molar-refractivity contribution in [2.75, 3.05) is 20.1 Å². The highest BCUT2D eigenvalue weighted by molar-refractivity contribution is 9.10. The highest BCUT2D eigenvalue weighted by atomic mass is 79.9. The number of carbonyl (C=O) groups is 3. The first-order chi connectivity index (χ1) is 10.6. The molecule has 0 unspecified atom stereocenters. The summed E-state index contributed by atoms with van der Waals surface area (Å²) in [6.45, 7) is 5.38. The quantitative estimate of drug-likeness (QED) is 0.809. The molecule has 0 aliphatic heterocycles. The molecular weight excluding hydrogens is 362 g/mol. The van der Waals surface area contributed by atoms with Crippen molar-refractivity contribution < 1.29 is 14.4 Å². The third-order valence-electron chi connectivity index (χ3n) is 2.81. The maximum atomic E-state index is 12.0. The first-order valence-electron chi connectivity index (χ1n) is 7.17. The SMILES string of the molecule is CN(CC(=O)NC(C)(C)C)C(=O)CNC(=O)c1cccc(Br)c1. The Kier molecular flexibility index (Phi) is 6.75. The van der Waals surface area contributed by atoms with E-state index in [0.29, 0.717) is 5.56 Å². The lowest BCUT2D eigenvalue weighted by Gasteiger charge is -2.23. The minimum Gasteiger partial charge on any atom is -0.350 e. The zero-order valence-corrected chi connectivity index (χ0v) is 15.4. The van der Waals surface area contributed by atoms with E-state index in [4.69, 9.17) is 0 Å². The molecule has 0 aliphatic rings. The minimum absolute atomic E-state index is 0.0527. The molecule has 3 amide bonds. The van der Waals surface area contributed by atoms with Crippen molar-refractivity contribution in [3.05, 3.63) is 34.3 Å². The van der Waals surface area contributed by atoms with Gasteiger partial charge in [-0.15, -0.1) is 0 Å². The summed E-state index contributed by atoms with van der Waals surface area (Å²) in [6.07, 6.45) is 0. The molecular formula is C16H22BrN3O3. The van der Waals surface area contributed by atoms with E-state index in [1.807, 2.05) is 26.8 Å². The lowest BCUT2D eigenvalue weighted by molar-refractivity contribution is -0.134. The Morgan fingerprint density at radius 1 is 1.22 bits per heavy atom. The van der Waals surface area contributed by atoms with Crippen molar-refractivity contribution in [1.82, 2.24) is 15.5 Å². The Morgan fingerprint density at radius 3 is 2.43 bits per heavy atom. The van der Waals surface area contributed by atoms with Gasteiger partial charge in [-0.1, -0.05) is 22.0 Å². The summed E-state index contributed by atoms with van der Waals surface area (Å²) in [7, 11) is 1.52. The number of nitrogens with one attached hydrogen (secondary N) is 2. The molecule has 1 aromatic rings. The topological polar surface area (TPSA) is 78.5 Å². The first-order valence-corrected chi connectivity index (χ1v) is 7.96. The number of nitrogens with zero attached hydrogens (tertiary/aromatic N) is 1. The smallest absolute Gasteiger partial charge is 0.251 e. The molecule has 0 saturated carbocycles. The van der Waals surface area contributed by atoms with Gasteiger partial charge < -0.3 is 15.5 Å². The Balaban J connectivity index is 2.46. The minimum atomic E-state index is -0.351. The molecule has 0 saturated heterocycles. The average Bonchev–Trinajstić information content (AvgIpc) is 2.42. The predicted octanol–water partition coefficient (Wildman–Crippen LogP) is 1.55. The highest BCUT2D eigenvalue weighted by Gasteiger charge is 2.18. The van der Waals surface area contributed by atoms with Crippen molar-refractivity contribution in [3.63, 3.8) is 0 Å². The van der Waals surface area contributed by atoms with E-state index >= 15 is 0 Å². The predicted molar refractivity (Wildman–Crippen MR) is 92.0 cm³/mol. The maximum Gasteiger partial charge on any atom is 0.251 e. The molecule has 0 spiro atoms. The molecule has 6 nitrogen and oxygen atoms in total. The molecule has 0 heterocycles. The molecule has 0 atom stereocenters.